The van der Waals surface area contributed by atoms with Gasteiger partial charge in [0.2, 0.25) is 5.91 Å². The number of hydrogen-bond acceptors (Lipinski definition) is 3. The summed E-state index contributed by atoms with van der Waals surface area (Å²) >= 11 is 0. The number of aliphatic hydroxyl groups excluding tert-OH is 1. The molecule has 4 heteroatoms. The molecule has 2 atom stereocenters. The molecule has 0 aliphatic rings. The van der Waals surface area contributed by atoms with Gasteiger partial charge in [0.15, 0.2) is 5.78 Å². The van der Waals surface area contributed by atoms with Crippen LogP contribution in [-0.4, -0.2) is 28.9 Å². The smallest absolute Gasteiger partial charge is 0.223 e. The SMILES string of the molecule is CC(C)C(=O)N[C@@H](C(=O)C(C)(C)C)C(C)O. The van der Waals surface area contributed by atoms with Crippen LogP contribution in [0.1, 0.15) is 41.5 Å². The zero-order chi connectivity index (χ0) is 13.1. The fourth-order valence-electron chi connectivity index (χ4n) is 1.19. The van der Waals surface area contributed by atoms with Crippen LogP contribution in [-0.2, 0) is 9.59 Å². The van der Waals surface area contributed by atoms with Crippen molar-refractivity contribution >= 4 is 11.7 Å². The van der Waals surface area contributed by atoms with E-state index in [4.69, 9.17) is 0 Å². The second-order valence-corrected chi connectivity index (χ2v) is 5.50. The van der Waals surface area contributed by atoms with Crippen molar-refractivity contribution < 1.29 is 14.7 Å². The summed E-state index contributed by atoms with van der Waals surface area (Å²) in [5.41, 5.74) is -0.577. The highest BCUT2D eigenvalue weighted by atomic mass is 16.3. The molecule has 0 spiro atoms. The van der Waals surface area contributed by atoms with Gasteiger partial charge in [0.1, 0.15) is 6.04 Å². The summed E-state index contributed by atoms with van der Waals surface area (Å²) in [6.45, 7) is 10.3. The van der Waals surface area contributed by atoms with Crippen LogP contribution in [0.15, 0.2) is 0 Å². The molecule has 0 fully saturated rings. The van der Waals surface area contributed by atoms with Crippen molar-refractivity contribution in [2.24, 2.45) is 11.3 Å². The number of rotatable bonds is 4. The van der Waals surface area contributed by atoms with Crippen LogP contribution in [0, 0.1) is 11.3 Å². The summed E-state index contributed by atoms with van der Waals surface area (Å²) in [5, 5.41) is 12.1. The van der Waals surface area contributed by atoms with Crippen LogP contribution in [0.2, 0.25) is 0 Å². The number of carbonyl (C=O) groups is 2. The van der Waals surface area contributed by atoms with E-state index >= 15 is 0 Å². The second-order valence-electron chi connectivity index (χ2n) is 5.50. The molecule has 1 unspecified atom stereocenters. The molecular weight excluding hydrogens is 206 g/mol. The lowest BCUT2D eigenvalue weighted by atomic mass is 9.84. The van der Waals surface area contributed by atoms with Crippen LogP contribution < -0.4 is 5.32 Å². The number of carbonyl (C=O) groups excluding carboxylic acids is 2. The van der Waals surface area contributed by atoms with E-state index in [2.05, 4.69) is 5.32 Å². The Morgan fingerprint density at radius 3 is 1.81 bits per heavy atom. The van der Waals surface area contributed by atoms with Crippen LogP contribution in [0.3, 0.4) is 0 Å². The first-order valence-electron chi connectivity index (χ1n) is 5.60. The first kappa shape index (κ1) is 15.1. The van der Waals surface area contributed by atoms with E-state index in [1.54, 1.807) is 34.6 Å². The normalized spacial score (nSPS) is 15.8. The Hall–Kier alpha value is -0.900. The van der Waals surface area contributed by atoms with Crippen molar-refractivity contribution in [3.8, 4) is 0 Å². The molecule has 0 saturated carbocycles. The molecule has 0 aromatic heterocycles. The minimum atomic E-state index is -0.880. The first-order chi connectivity index (χ1) is 7.07. The van der Waals surface area contributed by atoms with Crippen molar-refractivity contribution in [3.63, 3.8) is 0 Å². The van der Waals surface area contributed by atoms with Gasteiger partial charge in [-0.2, -0.15) is 0 Å². The molecule has 0 bridgehead atoms. The lowest BCUT2D eigenvalue weighted by molar-refractivity contribution is -0.136. The van der Waals surface area contributed by atoms with E-state index in [0.717, 1.165) is 0 Å². The predicted molar refractivity (Wildman–Crippen MR) is 62.9 cm³/mol. The van der Waals surface area contributed by atoms with E-state index in [-0.39, 0.29) is 17.6 Å². The van der Waals surface area contributed by atoms with Crippen LogP contribution in [0.5, 0.6) is 0 Å². The summed E-state index contributed by atoms with van der Waals surface area (Å²) in [4.78, 5) is 23.5. The Morgan fingerprint density at radius 2 is 1.56 bits per heavy atom. The van der Waals surface area contributed by atoms with Gasteiger partial charge < -0.3 is 10.4 Å². The average molecular weight is 229 g/mol. The van der Waals surface area contributed by atoms with Crippen LogP contribution >= 0.6 is 0 Å². The number of aliphatic hydroxyl groups is 1. The maximum Gasteiger partial charge on any atom is 0.223 e. The van der Waals surface area contributed by atoms with Gasteiger partial charge in [0, 0.05) is 11.3 Å². The average Bonchev–Trinajstić information content (AvgIpc) is 2.10. The van der Waals surface area contributed by atoms with Gasteiger partial charge in [-0.25, -0.2) is 0 Å². The molecule has 0 heterocycles. The monoisotopic (exact) mass is 229 g/mol. The highest BCUT2D eigenvalue weighted by Gasteiger charge is 2.33. The topological polar surface area (TPSA) is 66.4 Å². The van der Waals surface area contributed by atoms with Crippen molar-refractivity contribution in [2.75, 3.05) is 0 Å². The Morgan fingerprint density at radius 1 is 1.12 bits per heavy atom. The minimum absolute atomic E-state index is 0.156. The molecule has 0 saturated heterocycles. The van der Waals surface area contributed by atoms with E-state index in [9.17, 15) is 14.7 Å². The third-order valence-corrected chi connectivity index (χ3v) is 2.33. The van der Waals surface area contributed by atoms with Gasteiger partial charge in [-0.15, -0.1) is 0 Å². The molecule has 0 radical (unpaired) electrons. The lowest BCUT2D eigenvalue weighted by Crippen LogP contribution is -2.52. The number of amides is 1. The maximum atomic E-state index is 12.0. The number of hydrogen-bond donors (Lipinski definition) is 2. The van der Waals surface area contributed by atoms with Gasteiger partial charge in [-0.05, 0) is 6.92 Å². The molecule has 0 aliphatic carbocycles. The van der Waals surface area contributed by atoms with Gasteiger partial charge in [-0.1, -0.05) is 34.6 Å². The quantitative estimate of drug-likeness (QED) is 0.759. The second kappa shape index (κ2) is 5.43. The first-order valence-corrected chi connectivity index (χ1v) is 5.60. The fourth-order valence-corrected chi connectivity index (χ4v) is 1.19. The molecule has 0 aromatic rings. The third-order valence-electron chi connectivity index (χ3n) is 2.33. The van der Waals surface area contributed by atoms with E-state index in [1.807, 2.05) is 0 Å². The van der Waals surface area contributed by atoms with Gasteiger partial charge in [0.05, 0.1) is 6.10 Å². The maximum absolute atomic E-state index is 12.0. The highest BCUT2D eigenvalue weighted by molar-refractivity contribution is 5.93. The highest BCUT2D eigenvalue weighted by Crippen LogP contribution is 2.18. The number of Topliss-reactive ketones (excluding diaryl/α,β-unsaturated/α-hetero) is 1. The number of ketones is 1. The fraction of sp³-hybridized carbons (Fsp3) is 0.833. The molecule has 0 rings (SSSR count). The molecule has 4 nitrogen and oxygen atoms in total. The van der Waals surface area contributed by atoms with Gasteiger partial charge in [0.25, 0.3) is 0 Å². The minimum Gasteiger partial charge on any atom is -0.391 e. The summed E-state index contributed by atoms with van der Waals surface area (Å²) in [6, 6.07) is -0.824. The van der Waals surface area contributed by atoms with Crippen molar-refractivity contribution in [2.45, 2.75) is 53.7 Å². The van der Waals surface area contributed by atoms with E-state index < -0.39 is 17.6 Å². The largest absolute Gasteiger partial charge is 0.391 e. The third kappa shape index (κ3) is 4.31. The van der Waals surface area contributed by atoms with Gasteiger partial charge >= 0.3 is 0 Å². The van der Waals surface area contributed by atoms with E-state index in [0.29, 0.717) is 0 Å². The van der Waals surface area contributed by atoms with Crippen LogP contribution in [0.25, 0.3) is 0 Å². The summed E-state index contributed by atoms with van der Waals surface area (Å²) in [6.07, 6.45) is -0.880. The van der Waals surface area contributed by atoms with E-state index in [1.165, 1.54) is 6.92 Å². The lowest BCUT2D eigenvalue weighted by Gasteiger charge is -2.27. The molecule has 0 aromatic carbocycles. The number of nitrogens with one attached hydrogen (secondary N) is 1. The van der Waals surface area contributed by atoms with Gasteiger partial charge in [-0.3, -0.25) is 9.59 Å². The summed E-state index contributed by atoms with van der Waals surface area (Å²) in [7, 11) is 0. The van der Waals surface area contributed by atoms with Crippen molar-refractivity contribution in [1.29, 1.82) is 0 Å². The van der Waals surface area contributed by atoms with Crippen LogP contribution in [0.4, 0.5) is 0 Å². The zero-order valence-electron chi connectivity index (χ0n) is 11.0. The Kier molecular flexibility index (Phi) is 5.13. The molecule has 2 N–H and O–H groups in total. The predicted octanol–water partition coefficient (Wildman–Crippen LogP) is 1.12. The van der Waals surface area contributed by atoms with Crippen molar-refractivity contribution in [1.82, 2.24) is 5.32 Å². The molecule has 0 aliphatic heterocycles. The molecular formula is C12H23NO3. The Balaban J connectivity index is 4.77. The standard InChI is InChI=1S/C12H23NO3/c1-7(2)11(16)13-9(8(3)14)10(15)12(4,5)6/h7-9,14H,1-6H3,(H,13,16)/t8?,9-/m1/s1. The molecule has 1 amide bonds. The van der Waals surface area contributed by atoms with Crippen molar-refractivity contribution in [3.05, 3.63) is 0 Å². The zero-order valence-corrected chi connectivity index (χ0v) is 11.0. The summed E-state index contributed by atoms with van der Waals surface area (Å²) in [5.74, 6) is -0.575. The Bertz CT molecular complexity index is 264. The molecule has 94 valence electrons. The Labute approximate surface area is 97.4 Å². The molecule has 16 heavy (non-hydrogen) atoms. The summed E-state index contributed by atoms with van der Waals surface area (Å²) < 4.78 is 0.